The number of hydrogen-bond acceptors (Lipinski definition) is 3. The van der Waals surface area contributed by atoms with Crippen molar-refractivity contribution in [2.45, 2.75) is 25.7 Å². The molecule has 0 bridgehead atoms. The van der Waals surface area contributed by atoms with Gasteiger partial charge in [0.2, 0.25) is 0 Å². The number of nitrogen functional groups attached to an aromatic ring is 1. The Hall–Kier alpha value is -1.03. The van der Waals surface area contributed by atoms with Gasteiger partial charge in [-0.25, -0.2) is 0 Å². The number of nitrogens with two attached hydrogens (primary N) is 1. The molecule has 0 aliphatic rings. The highest BCUT2D eigenvalue weighted by Crippen LogP contribution is 2.28. The Labute approximate surface area is 104 Å². The van der Waals surface area contributed by atoms with Crippen molar-refractivity contribution in [3.05, 3.63) is 28.2 Å². The Kier molecular flexibility index (Phi) is 4.80. The Morgan fingerprint density at radius 2 is 2.25 bits per heavy atom. The van der Waals surface area contributed by atoms with Gasteiger partial charge >= 0.3 is 5.97 Å². The summed E-state index contributed by atoms with van der Waals surface area (Å²) in [5, 5.41) is 0. The van der Waals surface area contributed by atoms with Crippen molar-refractivity contribution in [3.63, 3.8) is 0 Å². The Balaban J connectivity index is 2.86. The topological polar surface area (TPSA) is 52.3 Å². The number of rotatable bonds is 4. The molecule has 0 heterocycles. The molecule has 16 heavy (non-hydrogen) atoms. The van der Waals surface area contributed by atoms with Crippen LogP contribution in [0.15, 0.2) is 22.7 Å². The summed E-state index contributed by atoms with van der Waals surface area (Å²) in [5.41, 5.74) is 7.59. The summed E-state index contributed by atoms with van der Waals surface area (Å²) in [5.74, 6) is -0.0174. The molecule has 0 aliphatic heterocycles. The number of anilines is 1. The molecule has 0 amide bonds. The third-order valence-corrected chi connectivity index (χ3v) is 3.35. The van der Waals surface area contributed by atoms with Gasteiger partial charge in [0.1, 0.15) is 0 Å². The van der Waals surface area contributed by atoms with Crippen LogP contribution in [0.5, 0.6) is 0 Å². The average molecular weight is 286 g/mol. The maximum absolute atomic E-state index is 11.2. The van der Waals surface area contributed by atoms with Crippen molar-refractivity contribution >= 4 is 27.6 Å². The summed E-state index contributed by atoms with van der Waals surface area (Å²) in [6.07, 6.45) is 1.28. The molecule has 0 spiro atoms. The standard InChI is InChI=1S/C12H16BrNO2/c1-3-8(7-12(15)16-2)9-4-5-10(13)11(14)6-9/h4-6,8H,3,7,14H2,1-2H3. The van der Waals surface area contributed by atoms with Gasteiger partial charge in [-0.3, -0.25) is 4.79 Å². The van der Waals surface area contributed by atoms with E-state index in [-0.39, 0.29) is 11.9 Å². The van der Waals surface area contributed by atoms with Gasteiger partial charge < -0.3 is 10.5 Å². The first-order valence-electron chi connectivity index (χ1n) is 5.20. The maximum atomic E-state index is 11.2. The first-order valence-corrected chi connectivity index (χ1v) is 5.99. The number of carbonyl (C=O) groups excluding carboxylic acids is 1. The van der Waals surface area contributed by atoms with Gasteiger partial charge in [-0.05, 0) is 46.0 Å². The van der Waals surface area contributed by atoms with E-state index in [2.05, 4.69) is 20.7 Å². The minimum absolute atomic E-state index is 0.169. The third-order valence-electron chi connectivity index (χ3n) is 2.62. The highest BCUT2D eigenvalue weighted by Gasteiger charge is 2.15. The lowest BCUT2D eigenvalue weighted by Gasteiger charge is -2.14. The minimum Gasteiger partial charge on any atom is -0.469 e. The number of carbonyl (C=O) groups is 1. The largest absolute Gasteiger partial charge is 0.469 e. The lowest BCUT2D eigenvalue weighted by Crippen LogP contribution is -2.08. The fourth-order valence-electron chi connectivity index (χ4n) is 1.60. The van der Waals surface area contributed by atoms with E-state index in [9.17, 15) is 4.79 Å². The average Bonchev–Trinajstić information content (AvgIpc) is 2.29. The summed E-state index contributed by atoms with van der Waals surface area (Å²) in [4.78, 5) is 11.2. The van der Waals surface area contributed by atoms with E-state index in [1.807, 2.05) is 25.1 Å². The molecule has 0 saturated carbocycles. The first kappa shape index (κ1) is 13.0. The number of esters is 1. The van der Waals surface area contributed by atoms with Crippen molar-refractivity contribution in [2.75, 3.05) is 12.8 Å². The highest BCUT2D eigenvalue weighted by atomic mass is 79.9. The molecule has 0 saturated heterocycles. The molecule has 1 rings (SSSR count). The third kappa shape index (κ3) is 3.23. The lowest BCUT2D eigenvalue weighted by atomic mass is 9.93. The maximum Gasteiger partial charge on any atom is 0.306 e. The molecule has 1 aromatic carbocycles. The monoisotopic (exact) mass is 285 g/mol. The van der Waals surface area contributed by atoms with E-state index in [0.29, 0.717) is 12.1 Å². The number of ether oxygens (including phenoxy) is 1. The van der Waals surface area contributed by atoms with Gasteiger partial charge in [-0.15, -0.1) is 0 Å². The molecular weight excluding hydrogens is 270 g/mol. The van der Waals surface area contributed by atoms with E-state index < -0.39 is 0 Å². The molecule has 2 N–H and O–H groups in total. The van der Waals surface area contributed by atoms with Crippen molar-refractivity contribution in [1.82, 2.24) is 0 Å². The number of hydrogen-bond donors (Lipinski definition) is 1. The van der Waals surface area contributed by atoms with Crippen molar-refractivity contribution < 1.29 is 9.53 Å². The van der Waals surface area contributed by atoms with Gasteiger partial charge in [-0.2, -0.15) is 0 Å². The van der Waals surface area contributed by atoms with Crippen LogP contribution in [0, 0.1) is 0 Å². The molecule has 1 atom stereocenters. The van der Waals surface area contributed by atoms with E-state index in [1.54, 1.807) is 0 Å². The summed E-state index contributed by atoms with van der Waals surface area (Å²) in [6.45, 7) is 2.05. The molecule has 0 fully saturated rings. The molecule has 1 aromatic rings. The Morgan fingerprint density at radius 1 is 1.56 bits per heavy atom. The van der Waals surface area contributed by atoms with E-state index in [1.165, 1.54) is 7.11 Å². The van der Waals surface area contributed by atoms with Gasteiger partial charge in [0.05, 0.1) is 13.5 Å². The summed E-state index contributed by atoms with van der Waals surface area (Å²) >= 11 is 3.35. The normalized spacial score (nSPS) is 12.2. The summed E-state index contributed by atoms with van der Waals surface area (Å²) in [6, 6.07) is 5.79. The van der Waals surface area contributed by atoms with Crippen LogP contribution in [-0.2, 0) is 9.53 Å². The first-order chi connectivity index (χ1) is 7.58. The smallest absolute Gasteiger partial charge is 0.306 e. The van der Waals surface area contributed by atoms with Gasteiger partial charge in [0.25, 0.3) is 0 Å². The van der Waals surface area contributed by atoms with Gasteiger partial charge in [-0.1, -0.05) is 13.0 Å². The number of methoxy groups -OCH3 is 1. The Bertz CT molecular complexity index is 379. The van der Waals surface area contributed by atoms with Crippen LogP contribution in [0.3, 0.4) is 0 Å². The fourth-order valence-corrected chi connectivity index (χ4v) is 1.85. The second kappa shape index (κ2) is 5.89. The lowest BCUT2D eigenvalue weighted by molar-refractivity contribution is -0.141. The van der Waals surface area contributed by atoms with Crippen LogP contribution in [-0.4, -0.2) is 13.1 Å². The Morgan fingerprint density at radius 3 is 2.75 bits per heavy atom. The molecule has 1 unspecified atom stereocenters. The molecule has 0 aromatic heterocycles. The minimum atomic E-state index is -0.187. The number of benzene rings is 1. The molecular formula is C12H16BrNO2. The van der Waals surface area contributed by atoms with E-state index >= 15 is 0 Å². The van der Waals surface area contributed by atoms with Gasteiger partial charge in [0.15, 0.2) is 0 Å². The van der Waals surface area contributed by atoms with Crippen LogP contribution in [0.4, 0.5) is 5.69 Å². The zero-order valence-electron chi connectivity index (χ0n) is 9.50. The van der Waals surface area contributed by atoms with Crippen LogP contribution < -0.4 is 5.73 Å². The van der Waals surface area contributed by atoms with Crippen LogP contribution in [0.2, 0.25) is 0 Å². The molecule has 0 radical (unpaired) electrons. The van der Waals surface area contributed by atoms with E-state index in [4.69, 9.17) is 5.73 Å². The zero-order valence-corrected chi connectivity index (χ0v) is 11.1. The van der Waals surface area contributed by atoms with Crippen LogP contribution in [0.25, 0.3) is 0 Å². The predicted molar refractivity (Wildman–Crippen MR) is 68.2 cm³/mol. The molecule has 4 heteroatoms. The van der Waals surface area contributed by atoms with Crippen molar-refractivity contribution in [1.29, 1.82) is 0 Å². The molecule has 0 aliphatic carbocycles. The second-order valence-corrected chi connectivity index (χ2v) is 4.52. The predicted octanol–water partition coefficient (Wildman–Crippen LogP) is 3.09. The number of halogens is 1. The highest BCUT2D eigenvalue weighted by molar-refractivity contribution is 9.10. The zero-order chi connectivity index (χ0) is 12.1. The van der Waals surface area contributed by atoms with Crippen LogP contribution in [0.1, 0.15) is 31.2 Å². The quantitative estimate of drug-likeness (QED) is 0.683. The van der Waals surface area contributed by atoms with Crippen LogP contribution >= 0.6 is 15.9 Å². The fraction of sp³-hybridized carbons (Fsp3) is 0.417. The SMILES string of the molecule is CCC(CC(=O)OC)c1ccc(Br)c(N)c1. The second-order valence-electron chi connectivity index (χ2n) is 3.67. The van der Waals surface area contributed by atoms with Crippen molar-refractivity contribution in [3.8, 4) is 0 Å². The molecule has 88 valence electrons. The van der Waals surface area contributed by atoms with E-state index in [0.717, 1.165) is 16.5 Å². The molecule has 3 nitrogen and oxygen atoms in total. The van der Waals surface area contributed by atoms with Crippen molar-refractivity contribution in [2.24, 2.45) is 0 Å². The summed E-state index contributed by atoms with van der Waals surface area (Å²) < 4.78 is 5.56. The summed E-state index contributed by atoms with van der Waals surface area (Å²) in [7, 11) is 1.41. The van der Waals surface area contributed by atoms with Gasteiger partial charge in [0, 0.05) is 10.2 Å².